The van der Waals surface area contributed by atoms with Crippen molar-refractivity contribution in [2.75, 3.05) is 49.5 Å². The summed E-state index contributed by atoms with van der Waals surface area (Å²) in [7, 11) is 0. The molecular weight excluding hydrogens is 381 g/mol. The van der Waals surface area contributed by atoms with Gasteiger partial charge in [-0.15, -0.1) is 0 Å². The Morgan fingerprint density at radius 3 is 2.60 bits per heavy atom. The van der Waals surface area contributed by atoms with E-state index in [-0.39, 0.29) is 5.82 Å². The van der Waals surface area contributed by atoms with E-state index in [1.54, 1.807) is 18.5 Å². The first kappa shape index (κ1) is 20.3. The average molecular weight is 410 g/mol. The van der Waals surface area contributed by atoms with E-state index in [0.29, 0.717) is 5.69 Å². The quantitative estimate of drug-likeness (QED) is 0.605. The number of hydrogen-bond acceptors (Lipinski definition) is 6. The molecule has 0 aliphatic carbocycles. The molecule has 1 aliphatic rings. The molecule has 3 aromatic rings. The van der Waals surface area contributed by atoms with Gasteiger partial charge in [-0.05, 0) is 45.0 Å². The first-order valence-electron chi connectivity index (χ1n) is 10.4. The zero-order valence-electron chi connectivity index (χ0n) is 17.6. The van der Waals surface area contributed by atoms with Crippen LogP contribution in [0.4, 0.5) is 15.9 Å². The van der Waals surface area contributed by atoms with Crippen LogP contribution in [0.1, 0.15) is 17.8 Å². The van der Waals surface area contributed by atoms with Crippen LogP contribution in [0.3, 0.4) is 0 Å². The largest absolute Gasteiger partial charge is 0.369 e. The fraction of sp³-hybridized carbons (Fsp3) is 0.409. The molecule has 1 N–H and O–H groups in total. The van der Waals surface area contributed by atoms with Gasteiger partial charge in [0.05, 0.1) is 23.8 Å². The van der Waals surface area contributed by atoms with Gasteiger partial charge in [0, 0.05) is 38.4 Å². The number of aryl methyl sites for hydroxylation is 2. The van der Waals surface area contributed by atoms with Gasteiger partial charge in [0.1, 0.15) is 11.6 Å². The van der Waals surface area contributed by atoms with Crippen molar-refractivity contribution in [1.29, 1.82) is 0 Å². The van der Waals surface area contributed by atoms with Gasteiger partial charge in [-0.25, -0.2) is 14.1 Å². The second kappa shape index (κ2) is 9.21. The van der Waals surface area contributed by atoms with Crippen LogP contribution in [0.2, 0.25) is 0 Å². The minimum Gasteiger partial charge on any atom is -0.369 e. The van der Waals surface area contributed by atoms with E-state index < -0.39 is 0 Å². The summed E-state index contributed by atoms with van der Waals surface area (Å²) in [6.07, 6.45) is 4.47. The molecule has 30 heavy (non-hydrogen) atoms. The Balaban J connectivity index is 1.22. The topological polar surface area (TPSA) is 62.1 Å². The fourth-order valence-electron chi connectivity index (χ4n) is 3.84. The molecule has 3 heterocycles. The van der Waals surface area contributed by atoms with Crippen LogP contribution in [0, 0.1) is 19.7 Å². The van der Waals surface area contributed by atoms with E-state index in [1.807, 2.05) is 36.7 Å². The summed E-state index contributed by atoms with van der Waals surface area (Å²) in [6, 6.07) is 9.03. The number of aromatic nitrogens is 4. The lowest BCUT2D eigenvalue weighted by Crippen LogP contribution is -2.47. The zero-order chi connectivity index (χ0) is 20.9. The van der Waals surface area contributed by atoms with Crippen LogP contribution in [0.25, 0.3) is 5.82 Å². The van der Waals surface area contributed by atoms with E-state index in [9.17, 15) is 4.39 Å². The predicted octanol–water partition coefficient (Wildman–Crippen LogP) is 3.04. The molecule has 0 saturated carbocycles. The summed E-state index contributed by atoms with van der Waals surface area (Å²) in [4.78, 5) is 13.5. The van der Waals surface area contributed by atoms with Crippen molar-refractivity contribution in [2.24, 2.45) is 0 Å². The number of anilines is 2. The SMILES string of the molecule is Cc1cc(C)n(-c2cncc(NCCCN3CCN(c4ccccc4F)CC3)n2)n1. The Morgan fingerprint density at radius 1 is 1.07 bits per heavy atom. The smallest absolute Gasteiger partial charge is 0.174 e. The van der Waals surface area contributed by atoms with Crippen molar-refractivity contribution >= 4 is 11.5 Å². The third kappa shape index (κ3) is 4.76. The van der Waals surface area contributed by atoms with E-state index in [0.717, 1.165) is 68.7 Å². The van der Waals surface area contributed by atoms with E-state index in [1.165, 1.54) is 6.07 Å². The highest BCUT2D eigenvalue weighted by Crippen LogP contribution is 2.20. The van der Waals surface area contributed by atoms with Gasteiger partial charge >= 0.3 is 0 Å². The summed E-state index contributed by atoms with van der Waals surface area (Å²) in [5.41, 5.74) is 2.70. The molecule has 0 radical (unpaired) electrons. The lowest BCUT2D eigenvalue weighted by molar-refractivity contribution is 0.256. The van der Waals surface area contributed by atoms with Gasteiger partial charge in [-0.3, -0.25) is 9.88 Å². The Kier molecular flexibility index (Phi) is 6.23. The number of nitrogens with zero attached hydrogens (tertiary/aromatic N) is 6. The molecular formula is C22H28FN7. The Bertz CT molecular complexity index is 979. The van der Waals surface area contributed by atoms with Gasteiger partial charge in [-0.1, -0.05) is 12.1 Å². The Morgan fingerprint density at radius 2 is 1.87 bits per heavy atom. The molecule has 0 spiro atoms. The number of halogens is 1. The van der Waals surface area contributed by atoms with Gasteiger partial charge < -0.3 is 10.2 Å². The molecule has 0 unspecified atom stereocenters. The monoisotopic (exact) mass is 409 g/mol. The Hall–Kier alpha value is -3.00. The van der Waals surface area contributed by atoms with Crippen molar-refractivity contribution in [3.8, 4) is 5.82 Å². The number of para-hydroxylation sites is 1. The second-order valence-electron chi connectivity index (χ2n) is 7.66. The summed E-state index contributed by atoms with van der Waals surface area (Å²) in [6.45, 7) is 9.40. The van der Waals surface area contributed by atoms with E-state index in [2.05, 4.69) is 30.2 Å². The number of nitrogens with one attached hydrogen (secondary N) is 1. The molecule has 1 aromatic carbocycles. The lowest BCUT2D eigenvalue weighted by atomic mass is 10.2. The maximum absolute atomic E-state index is 14.0. The van der Waals surface area contributed by atoms with E-state index in [4.69, 9.17) is 0 Å². The molecule has 4 rings (SSSR count). The van der Waals surface area contributed by atoms with E-state index >= 15 is 0 Å². The minimum atomic E-state index is -0.140. The first-order chi connectivity index (χ1) is 14.6. The van der Waals surface area contributed by atoms with Crippen molar-refractivity contribution in [3.05, 3.63) is 59.9 Å². The number of hydrogen-bond donors (Lipinski definition) is 1. The standard InChI is InChI=1S/C22H28FN7/c1-17-14-18(2)30(27-17)22-16-24-15-21(26-22)25-8-5-9-28-10-12-29(13-11-28)20-7-4-3-6-19(20)23/h3-4,6-7,14-16H,5,8-13H2,1-2H3,(H,25,26). The molecule has 2 aromatic heterocycles. The molecule has 0 amide bonds. The molecule has 0 bridgehead atoms. The van der Waals surface area contributed by atoms with Gasteiger partial charge in [0.2, 0.25) is 0 Å². The number of benzene rings is 1. The van der Waals surface area contributed by atoms with Crippen LogP contribution in [-0.4, -0.2) is 63.9 Å². The highest BCUT2D eigenvalue weighted by Gasteiger charge is 2.18. The number of rotatable bonds is 7. The van der Waals surface area contributed by atoms with Gasteiger partial charge in [0.25, 0.3) is 0 Å². The van der Waals surface area contributed by atoms with Crippen LogP contribution in [0.15, 0.2) is 42.7 Å². The fourth-order valence-corrected chi connectivity index (χ4v) is 3.84. The summed E-state index contributed by atoms with van der Waals surface area (Å²) < 4.78 is 15.8. The first-order valence-corrected chi connectivity index (χ1v) is 10.4. The van der Waals surface area contributed by atoms with Crippen LogP contribution in [0.5, 0.6) is 0 Å². The summed E-state index contributed by atoms with van der Waals surface area (Å²) in [5.74, 6) is 1.33. The molecule has 0 atom stereocenters. The lowest BCUT2D eigenvalue weighted by Gasteiger charge is -2.36. The third-order valence-electron chi connectivity index (χ3n) is 5.37. The van der Waals surface area contributed by atoms with Crippen molar-refractivity contribution in [1.82, 2.24) is 24.6 Å². The molecule has 158 valence electrons. The van der Waals surface area contributed by atoms with Crippen LogP contribution in [-0.2, 0) is 0 Å². The van der Waals surface area contributed by atoms with Crippen LogP contribution < -0.4 is 10.2 Å². The van der Waals surface area contributed by atoms with Crippen LogP contribution >= 0.6 is 0 Å². The van der Waals surface area contributed by atoms with Crippen molar-refractivity contribution in [3.63, 3.8) is 0 Å². The van der Waals surface area contributed by atoms with Gasteiger partial charge in [0.15, 0.2) is 5.82 Å². The molecule has 8 heteroatoms. The highest BCUT2D eigenvalue weighted by molar-refractivity contribution is 5.48. The highest BCUT2D eigenvalue weighted by atomic mass is 19.1. The minimum absolute atomic E-state index is 0.140. The second-order valence-corrected chi connectivity index (χ2v) is 7.66. The molecule has 7 nitrogen and oxygen atoms in total. The van der Waals surface area contributed by atoms with Gasteiger partial charge in [-0.2, -0.15) is 5.10 Å². The Labute approximate surface area is 176 Å². The maximum atomic E-state index is 14.0. The maximum Gasteiger partial charge on any atom is 0.174 e. The zero-order valence-corrected chi connectivity index (χ0v) is 17.6. The predicted molar refractivity (Wildman–Crippen MR) is 117 cm³/mol. The summed E-state index contributed by atoms with van der Waals surface area (Å²) >= 11 is 0. The molecule has 1 aliphatic heterocycles. The van der Waals surface area contributed by atoms with Crippen molar-refractivity contribution in [2.45, 2.75) is 20.3 Å². The number of piperazine rings is 1. The molecule has 1 fully saturated rings. The third-order valence-corrected chi connectivity index (χ3v) is 5.37. The van der Waals surface area contributed by atoms with Crippen molar-refractivity contribution < 1.29 is 4.39 Å². The normalized spacial score (nSPS) is 14.8. The summed E-state index contributed by atoms with van der Waals surface area (Å²) in [5, 5.41) is 7.83. The molecule has 1 saturated heterocycles. The average Bonchev–Trinajstić information content (AvgIpc) is 3.10.